The lowest BCUT2D eigenvalue weighted by molar-refractivity contribution is 0.0992. The molecule has 0 unspecified atom stereocenters. The molecule has 29 heavy (non-hydrogen) atoms. The second-order valence-corrected chi connectivity index (χ2v) is 7.10. The molecule has 1 amide bonds. The molecule has 0 aliphatic carbocycles. The van der Waals surface area contributed by atoms with E-state index >= 15 is 0 Å². The minimum Gasteiger partial charge on any atom is -0.495 e. The highest BCUT2D eigenvalue weighted by atomic mass is 35.5. The predicted molar refractivity (Wildman–Crippen MR) is 113 cm³/mol. The molecule has 1 aromatic heterocycles. The van der Waals surface area contributed by atoms with Crippen LogP contribution < -0.4 is 19.7 Å². The molecule has 0 radical (unpaired) electrons. The van der Waals surface area contributed by atoms with Crippen LogP contribution in [0.3, 0.4) is 0 Å². The van der Waals surface area contributed by atoms with Crippen LogP contribution in [-0.2, 0) is 0 Å². The number of benzene rings is 2. The van der Waals surface area contributed by atoms with E-state index in [9.17, 15) is 4.79 Å². The van der Waals surface area contributed by atoms with Crippen LogP contribution in [0.2, 0.25) is 5.02 Å². The van der Waals surface area contributed by atoms with Gasteiger partial charge in [0, 0.05) is 23.4 Å². The highest BCUT2D eigenvalue weighted by Gasteiger charge is 2.38. The zero-order valence-corrected chi connectivity index (χ0v) is 17.0. The number of aryl methyl sites for hydroxylation is 1. The molecule has 2 heterocycles. The van der Waals surface area contributed by atoms with E-state index in [4.69, 9.17) is 21.1 Å². The summed E-state index contributed by atoms with van der Waals surface area (Å²) in [7, 11) is 3.12. The first kappa shape index (κ1) is 19.1. The Kier molecular flexibility index (Phi) is 5.03. The van der Waals surface area contributed by atoms with Gasteiger partial charge in [-0.05, 0) is 30.7 Å². The molecule has 148 valence electrons. The summed E-state index contributed by atoms with van der Waals surface area (Å²) in [6.07, 6.45) is 1.28. The average Bonchev–Trinajstić information content (AvgIpc) is 3.01. The van der Waals surface area contributed by atoms with Crippen molar-refractivity contribution in [1.82, 2.24) is 4.98 Å². The normalized spacial score (nSPS) is 15.2. The summed E-state index contributed by atoms with van der Waals surface area (Å²) in [6.45, 7) is 1.96. The number of ether oxygens (including phenoxy) is 2. The number of pyridine rings is 1. The number of nitrogens with zero attached hydrogens (tertiary/aromatic N) is 2. The third kappa shape index (κ3) is 3.36. The van der Waals surface area contributed by atoms with E-state index in [1.807, 2.05) is 43.3 Å². The molecule has 4 rings (SSSR count). The topological polar surface area (TPSA) is 63.7 Å². The monoisotopic (exact) mass is 409 g/mol. The number of rotatable bonds is 5. The quantitative estimate of drug-likeness (QED) is 0.653. The molecule has 0 spiro atoms. The van der Waals surface area contributed by atoms with E-state index in [-0.39, 0.29) is 5.91 Å². The number of aromatic nitrogens is 1. The average molecular weight is 410 g/mol. The fourth-order valence-electron chi connectivity index (χ4n) is 3.42. The van der Waals surface area contributed by atoms with Gasteiger partial charge in [-0.1, -0.05) is 35.9 Å². The van der Waals surface area contributed by atoms with Gasteiger partial charge in [0.25, 0.3) is 5.91 Å². The summed E-state index contributed by atoms with van der Waals surface area (Å²) in [6, 6.07) is 14.7. The Balaban J connectivity index is 1.80. The van der Waals surface area contributed by atoms with Crippen LogP contribution in [0, 0.1) is 6.92 Å². The number of fused-ring (bicyclic) bond motifs is 1. The van der Waals surface area contributed by atoms with Crippen molar-refractivity contribution >= 4 is 29.0 Å². The molecule has 1 aliphatic rings. The summed E-state index contributed by atoms with van der Waals surface area (Å²) in [5, 5.41) is 3.84. The summed E-state index contributed by atoms with van der Waals surface area (Å²) in [5.41, 5.74) is 3.15. The van der Waals surface area contributed by atoms with E-state index in [1.54, 1.807) is 37.4 Å². The molecule has 6 nitrogen and oxygen atoms in total. The molecule has 0 saturated heterocycles. The van der Waals surface area contributed by atoms with Crippen molar-refractivity contribution in [2.45, 2.75) is 13.1 Å². The molecule has 0 saturated carbocycles. The van der Waals surface area contributed by atoms with Crippen molar-refractivity contribution in [2.24, 2.45) is 0 Å². The van der Waals surface area contributed by atoms with E-state index in [0.29, 0.717) is 33.6 Å². The van der Waals surface area contributed by atoms with Gasteiger partial charge in [-0.25, -0.2) is 4.98 Å². The summed E-state index contributed by atoms with van der Waals surface area (Å²) >= 11 is 6.33. The summed E-state index contributed by atoms with van der Waals surface area (Å²) in [5.74, 6) is 1.51. The van der Waals surface area contributed by atoms with E-state index in [1.165, 1.54) is 0 Å². The van der Waals surface area contributed by atoms with Gasteiger partial charge in [0.15, 0.2) is 0 Å². The van der Waals surface area contributed by atoms with Gasteiger partial charge in [-0.15, -0.1) is 0 Å². The van der Waals surface area contributed by atoms with Crippen molar-refractivity contribution in [1.29, 1.82) is 0 Å². The number of amides is 1. The van der Waals surface area contributed by atoms with Gasteiger partial charge in [0.05, 0.1) is 24.9 Å². The molecule has 3 aromatic rings. The number of halogens is 1. The van der Waals surface area contributed by atoms with Crippen LogP contribution in [0.4, 0.5) is 11.5 Å². The molecule has 1 aliphatic heterocycles. The molecular formula is C22H20ClN3O3. The fourth-order valence-corrected chi connectivity index (χ4v) is 3.66. The Labute approximate surface area is 174 Å². The third-order valence-electron chi connectivity index (χ3n) is 4.87. The van der Waals surface area contributed by atoms with Gasteiger partial charge in [-0.2, -0.15) is 0 Å². The van der Waals surface area contributed by atoms with E-state index in [2.05, 4.69) is 10.3 Å². The maximum absolute atomic E-state index is 13.2. The first-order valence-electron chi connectivity index (χ1n) is 9.06. The predicted octanol–water partition coefficient (Wildman–Crippen LogP) is 4.83. The lowest BCUT2D eigenvalue weighted by Gasteiger charge is -2.27. The maximum atomic E-state index is 13.2. The Bertz CT molecular complexity index is 1070. The number of methoxy groups -OCH3 is 2. The van der Waals surface area contributed by atoms with Gasteiger partial charge in [-0.3, -0.25) is 9.69 Å². The smallest absolute Gasteiger partial charge is 0.261 e. The number of carbonyl (C=O) groups is 1. The molecule has 7 heteroatoms. The second kappa shape index (κ2) is 7.64. The van der Waals surface area contributed by atoms with Gasteiger partial charge >= 0.3 is 0 Å². The number of nitrogens with one attached hydrogen (secondary N) is 1. The zero-order chi connectivity index (χ0) is 20.5. The van der Waals surface area contributed by atoms with Crippen LogP contribution in [0.5, 0.6) is 11.5 Å². The Morgan fingerprint density at radius 3 is 2.52 bits per heavy atom. The van der Waals surface area contributed by atoms with E-state index in [0.717, 1.165) is 11.1 Å². The summed E-state index contributed by atoms with van der Waals surface area (Å²) < 4.78 is 10.8. The molecular weight excluding hydrogens is 390 g/mol. The van der Waals surface area contributed by atoms with Gasteiger partial charge in [0.1, 0.15) is 23.5 Å². The van der Waals surface area contributed by atoms with Crippen LogP contribution in [-0.4, -0.2) is 25.1 Å². The lowest BCUT2D eigenvalue weighted by atomic mass is 10.1. The van der Waals surface area contributed by atoms with Crippen LogP contribution in [0.1, 0.15) is 27.7 Å². The van der Waals surface area contributed by atoms with Crippen LogP contribution in [0.15, 0.2) is 54.7 Å². The minimum absolute atomic E-state index is 0.118. The van der Waals surface area contributed by atoms with Crippen molar-refractivity contribution in [3.8, 4) is 11.5 Å². The Morgan fingerprint density at radius 1 is 1.07 bits per heavy atom. The standard InChI is InChI=1S/C22H20ClN3O3/c1-13-8-9-20(24-12-13)26-21(14-6-4-5-7-15(14)22(26)27)25-17-10-16(23)18(28-2)11-19(17)29-3/h4-12,21,25H,1-3H3/t21-/m0/s1. The third-order valence-corrected chi connectivity index (χ3v) is 5.17. The number of carbonyl (C=O) groups excluding carboxylic acids is 1. The lowest BCUT2D eigenvalue weighted by Crippen LogP contribution is -2.33. The number of anilines is 2. The van der Waals surface area contributed by atoms with E-state index < -0.39 is 6.17 Å². The molecule has 0 bridgehead atoms. The molecule has 1 N–H and O–H groups in total. The number of hydrogen-bond acceptors (Lipinski definition) is 5. The van der Waals surface area contributed by atoms with Crippen molar-refractivity contribution in [3.63, 3.8) is 0 Å². The van der Waals surface area contributed by atoms with Gasteiger partial charge in [0.2, 0.25) is 0 Å². The van der Waals surface area contributed by atoms with Crippen LogP contribution >= 0.6 is 11.6 Å². The first-order chi connectivity index (χ1) is 14.0. The summed E-state index contributed by atoms with van der Waals surface area (Å²) in [4.78, 5) is 19.3. The van der Waals surface area contributed by atoms with Crippen molar-refractivity contribution in [3.05, 3.63) is 76.4 Å². The first-order valence-corrected chi connectivity index (χ1v) is 9.44. The second-order valence-electron chi connectivity index (χ2n) is 6.69. The number of hydrogen-bond donors (Lipinski definition) is 1. The highest BCUT2D eigenvalue weighted by molar-refractivity contribution is 6.32. The van der Waals surface area contributed by atoms with Gasteiger partial charge < -0.3 is 14.8 Å². The molecule has 2 aromatic carbocycles. The SMILES string of the molecule is COc1cc(OC)c(N[C@@H]2c3ccccc3C(=O)N2c2ccc(C)cn2)cc1Cl. The largest absolute Gasteiger partial charge is 0.495 e. The fraction of sp³-hybridized carbons (Fsp3) is 0.182. The van der Waals surface area contributed by atoms with Crippen molar-refractivity contribution < 1.29 is 14.3 Å². The Morgan fingerprint density at radius 2 is 1.83 bits per heavy atom. The highest BCUT2D eigenvalue weighted by Crippen LogP contribution is 2.41. The maximum Gasteiger partial charge on any atom is 0.261 e. The van der Waals surface area contributed by atoms with Crippen LogP contribution in [0.25, 0.3) is 0 Å². The van der Waals surface area contributed by atoms with Crippen molar-refractivity contribution in [2.75, 3.05) is 24.4 Å². The Hall–Kier alpha value is -3.25. The molecule has 0 fully saturated rings. The molecule has 1 atom stereocenters. The zero-order valence-electron chi connectivity index (χ0n) is 16.3. The minimum atomic E-state index is -0.465.